The average Bonchev–Trinajstić information content (AvgIpc) is 3.60. The number of likely N-dealkylation sites (N-methyl/N-ethyl adjacent to an activating group) is 1. The van der Waals surface area contributed by atoms with Crippen LogP contribution in [0.2, 0.25) is 0 Å². The molecule has 0 fully saturated rings. The summed E-state index contributed by atoms with van der Waals surface area (Å²) in [5, 5.41) is 16.5. The lowest BCUT2D eigenvalue weighted by atomic mass is 10.1. The van der Waals surface area contributed by atoms with E-state index in [4.69, 9.17) is 4.74 Å². The highest BCUT2D eigenvalue weighted by Gasteiger charge is 2.39. The van der Waals surface area contributed by atoms with Crippen LogP contribution in [0.25, 0.3) is 0 Å². The Morgan fingerprint density at radius 2 is 1.93 bits per heavy atom. The second kappa shape index (κ2) is 10.9. The first-order valence-electron chi connectivity index (χ1n) is 13.2. The standard InChI is InChI=1S/C27H26F3N9O3/c1-37-19-11-17(13-38-9-10-39-22(14-38)34-36-26(39)27(28,29)30)7-8-20(19)42-15-18(25(37)41)31-24(40)23-32-21(33-35-23)12-16-5-3-2-4-6-16/h2-8,11,18H,9-10,12-15H2,1H3,(H,31,40)(H,32,33,35). The van der Waals surface area contributed by atoms with E-state index in [-0.39, 0.29) is 37.3 Å². The number of halogens is 3. The SMILES string of the molecule is CN1C(=O)C(NC(=O)c2n[nH]c(Cc3ccccc3)n2)COc2ccc(CN3CCn4c(nnc4C(F)(F)F)C3)cc21. The highest BCUT2D eigenvalue weighted by Crippen LogP contribution is 2.33. The molecule has 4 aromatic rings. The van der Waals surface area contributed by atoms with Gasteiger partial charge in [-0.05, 0) is 23.3 Å². The fraction of sp³-hybridized carbons (Fsp3) is 0.333. The van der Waals surface area contributed by atoms with Gasteiger partial charge >= 0.3 is 6.18 Å². The number of anilines is 1. The Bertz CT molecular complexity index is 1620. The predicted octanol–water partition coefficient (Wildman–Crippen LogP) is 2.18. The maximum atomic E-state index is 13.3. The summed E-state index contributed by atoms with van der Waals surface area (Å²) in [4.78, 5) is 33.8. The van der Waals surface area contributed by atoms with Gasteiger partial charge in [0.15, 0.2) is 0 Å². The summed E-state index contributed by atoms with van der Waals surface area (Å²) >= 11 is 0. The summed E-state index contributed by atoms with van der Waals surface area (Å²) in [5.41, 5.74) is 2.35. The molecule has 0 saturated heterocycles. The number of carbonyl (C=O) groups excluding carboxylic acids is 2. The summed E-state index contributed by atoms with van der Waals surface area (Å²) in [6, 6.07) is 14.0. The zero-order chi connectivity index (χ0) is 29.4. The molecule has 1 unspecified atom stereocenters. The Labute approximate surface area is 237 Å². The molecule has 218 valence electrons. The molecule has 2 aliphatic rings. The van der Waals surface area contributed by atoms with Crippen molar-refractivity contribution < 1.29 is 27.5 Å². The number of hydrogen-bond acceptors (Lipinski definition) is 8. The molecule has 4 heterocycles. The van der Waals surface area contributed by atoms with Gasteiger partial charge in [-0.2, -0.15) is 13.2 Å². The molecule has 2 aromatic carbocycles. The van der Waals surface area contributed by atoms with Crippen molar-refractivity contribution in [2.24, 2.45) is 0 Å². The second-order valence-corrected chi connectivity index (χ2v) is 10.1. The molecule has 2 aliphatic heterocycles. The van der Waals surface area contributed by atoms with Crippen molar-refractivity contribution in [2.75, 3.05) is 25.1 Å². The highest BCUT2D eigenvalue weighted by atomic mass is 19.4. The molecule has 0 radical (unpaired) electrons. The molecule has 0 bridgehead atoms. The van der Waals surface area contributed by atoms with E-state index >= 15 is 0 Å². The molecule has 12 nitrogen and oxygen atoms in total. The fourth-order valence-electron chi connectivity index (χ4n) is 5.04. The number of amides is 2. The summed E-state index contributed by atoms with van der Waals surface area (Å²) < 4.78 is 46.5. The van der Waals surface area contributed by atoms with Crippen molar-refractivity contribution in [3.05, 3.63) is 83.0 Å². The number of nitrogens with zero attached hydrogens (tertiary/aromatic N) is 7. The zero-order valence-electron chi connectivity index (χ0n) is 22.4. The minimum Gasteiger partial charge on any atom is -0.489 e. The lowest BCUT2D eigenvalue weighted by molar-refractivity contribution is -0.148. The van der Waals surface area contributed by atoms with Crippen LogP contribution in [-0.2, 0) is 37.0 Å². The number of benzene rings is 2. The molecule has 2 amide bonds. The van der Waals surface area contributed by atoms with Crippen LogP contribution < -0.4 is 15.0 Å². The Kier molecular flexibility index (Phi) is 7.10. The van der Waals surface area contributed by atoms with Gasteiger partial charge in [0.2, 0.25) is 11.6 Å². The third kappa shape index (κ3) is 5.54. The van der Waals surface area contributed by atoms with E-state index in [9.17, 15) is 22.8 Å². The largest absolute Gasteiger partial charge is 0.489 e. The number of aromatic nitrogens is 6. The van der Waals surface area contributed by atoms with Gasteiger partial charge in [0.1, 0.15) is 30.0 Å². The van der Waals surface area contributed by atoms with E-state index in [1.165, 1.54) is 4.90 Å². The molecule has 2 N–H and O–H groups in total. The van der Waals surface area contributed by atoms with E-state index in [1.807, 2.05) is 41.3 Å². The average molecular weight is 582 g/mol. The maximum absolute atomic E-state index is 13.3. The molecule has 0 saturated carbocycles. The quantitative estimate of drug-likeness (QED) is 0.354. The van der Waals surface area contributed by atoms with Gasteiger partial charge in [-0.15, -0.1) is 15.3 Å². The van der Waals surface area contributed by atoms with Crippen LogP contribution in [0.1, 0.15) is 39.2 Å². The molecule has 0 spiro atoms. The maximum Gasteiger partial charge on any atom is 0.451 e. The Morgan fingerprint density at radius 3 is 2.71 bits per heavy atom. The lowest BCUT2D eigenvalue weighted by Gasteiger charge is -2.28. The van der Waals surface area contributed by atoms with Crippen LogP contribution in [0.15, 0.2) is 48.5 Å². The lowest BCUT2D eigenvalue weighted by Crippen LogP contribution is -2.49. The van der Waals surface area contributed by atoms with Crippen molar-refractivity contribution >= 4 is 17.5 Å². The van der Waals surface area contributed by atoms with Crippen LogP contribution >= 0.6 is 0 Å². The summed E-state index contributed by atoms with van der Waals surface area (Å²) in [5.74, 6) is -0.846. The van der Waals surface area contributed by atoms with Gasteiger partial charge in [-0.3, -0.25) is 19.6 Å². The number of hydrogen-bond donors (Lipinski definition) is 2. The van der Waals surface area contributed by atoms with Crippen LogP contribution in [0, 0.1) is 0 Å². The number of fused-ring (bicyclic) bond motifs is 2. The van der Waals surface area contributed by atoms with E-state index in [1.54, 1.807) is 19.2 Å². The number of aromatic amines is 1. The van der Waals surface area contributed by atoms with Crippen molar-refractivity contribution in [2.45, 2.75) is 38.3 Å². The van der Waals surface area contributed by atoms with Crippen LogP contribution in [-0.4, -0.2) is 72.9 Å². The van der Waals surface area contributed by atoms with Crippen molar-refractivity contribution in [1.82, 2.24) is 40.2 Å². The first kappa shape index (κ1) is 27.4. The summed E-state index contributed by atoms with van der Waals surface area (Å²) in [7, 11) is 1.59. The van der Waals surface area contributed by atoms with E-state index in [0.717, 1.165) is 15.7 Å². The van der Waals surface area contributed by atoms with Crippen molar-refractivity contribution in [3.8, 4) is 5.75 Å². The van der Waals surface area contributed by atoms with Gasteiger partial charge in [0.05, 0.1) is 12.2 Å². The Balaban J connectivity index is 1.10. The third-order valence-electron chi connectivity index (χ3n) is 7.17. The summed E-state index contributed by atoms with van der Waals surface area (Å²) in [6.07, 6.45) is -4.09. The van der Waals surface area contributed by atoms with Crippen LogP contribution in [0.5, 0.6) is 5.75 Å². The number of alkyl halides is 3. The van der Waals surface area contributed by atoms with Gasteiger partial charge in [0.25, 0.3) is 11.8 Å². The molecule has 2 aromatic heterocycles. The zero-order valence-corrected chi connectivity index (χ0v) is 22.4. The molecule has 42 heavy (non-hydrogen) atoms. The second-order valence-electron chi connectivity index (χ2n) is 10.1. The number of nitrogens with one attached hydrogen (secondary N) is 2. The molecule has 1 atom stereocenters. The van der Waals surface area contributed by atoms with Crippen LogP contribution in [0.3, 0.4) is 0 Å². The monoisotopic (exact) mass is 581 g/mol. The first-order chi connectivity index (χ1) is 20.2. The number of ether oxygens (including phenoxy) is 1. The molecule has 15 heteroatoms. The fourth-order valence-corrected chi connectivity index (χ4v) is 5.04. The van der Waals surface area contributed by atoms with Crippen LogP contribution in [0.4, 0.5) is 18.9 Å². The van der Waals surface area contributed by atoms with E-state index in [0.29, 0.717) is 36.8 Å². The summed E-state index contributed by atoms with van der Waals surface area (Å²) in [6.45, 7) is 1.02. The minimum atomic E-state index is -4.56. The third-order valence-corrected chi connectivity index (χ3v) is 7.17. The Morgan fingerprint density at radius 1 is 1.12 bits per heavy atom. The first-order valence-corrected chi connectivity index (χ1v) is 13.2. The number of rotatable bonds is 6. The predicted molar refractivity (Wildman–Crippen MR) is 141 cm³/mol. The number of H-pyrrole nitrogens is 1. The van der Waals surface area contributed by atoms with E-state index < -0.39 is 23.9 Å². The van der Waals surface area contributed by atoms with Crippen molar-refractivity contribution in [1.29, 1.82) is 0 Å². The normalized spacial score (nSPS) is 17.3. The smallest absolute Gasteiger partial charge is 0.451 e. The van der Waals surface area contributed by atoms with Gasteiger partial charge in [-0.1, -0.05) is 36.4 Å². The van der Waals surface area contributed by atoms with Crippen molar-refractivity contribution in [3.63, 3.8) is 0 Å². The topological polar surface area (TPSA) is 134 Å². The molecule has 0 aliphatic carbocycles. The van der Waals surface area contributed by atoms with E-state index in [2.05, 4.69) is 30.7 Å². The highest BCUT2D eigenvalue weighted by molar-refractivity contribution is 6.02. The molecule has 6 rings (SSSR count). The van der Waals surface area contributed by atoms with Gasteiger partial charge in [0, 0.05) is 33.1 Å². The Hall–Kier alpha value is -4.79. The minimum absolute atomic E-state index is 0.0832. The van der Waals surface area contributed by atoms with Gasteiger partial charge in [-0.25, -0.2) is 4.98 Å². The van der Waals surface area contributed by atoms with Gasteiger partial charge < -0.3 is 19.5 Å². The number of carbonyl (C=O) groups is 2. The molecular weight excluding hydrogens is 555 g/mol. The molecular formula is C27H26F3N9O3.